The predicted octanol–water partition coefficient (Wildman–Crippen LogP) is 1.65. The van der Waals surface area contributed by atoms with Crippen LogP contribution in [0.1, 0.15) is 32.1 Å². The Hall–Kier alpha value is -0.560. The van der Waals surface area contributed by atoms with E-state index in [1.165, 1.54) is 5.75 Å². The molecule has 1 unspecified atom stereocenters. The second kappa shape index (κ2) is 7.45. The number of nitrogens with two attached hydrogens (primary N) is 1. The number of hydrogen-bond acceptors (Lipinski definition) is 5. The molecule has 0 aromatic rings. The zero-order valence-electron chi connectivity index (χ0n) is 11.6. The summed E-state index contributed by atoms with van der Waals surface area (Å²) in [5, 5.41) is 15.6. The molecule has 1 aliphatic carbocycles. The summed E-state index contributed by atoms with van der Waals surface area (Å²) in [6.45, 7) is 0.678. The van der Waals surface area contributed by atoms with Crippen molar-refractivity contribution in [1.82, 2.24) is 5.32 Å². The van der Waals surface area contributed by atoms with E-state index >= 15 is 0 Å². The van der Waals surface area contributed by atoms with Crippen LogP contribution in [0, 0.1) is 5.41 Å². The van der Waals surface area contributed by atoms with Crippen LogP contribution in [0.2, 0.25) is 0 Å². The van der Waals surface area contributed by atoms with Gasteiger partial charge < -0.3 is 16.3 Å². The highest BCUT2D eigenvalue weighted by Gasteiger charge is 2.43. The standard InChI is InChI=1S/C13H23N3O2S2/c14-11(16-18)13(4-2-1-3-5-13)12(17)15-8-10-9-19-6-7-20-10/h10,18H,1-9H2,(H2,14,16)(H,15,17). The number of rotatable bonds is 4. The number of thioether (sulfide) groups is 2. The lowest BCUT2D eigenvalue weighted by molar-refractivity contribution is -0.129. The van der Waals surface area contributed by atoms with Crippen LogP contribution >= 0.6 is 23.5 Å². The summed E-state index contributed by atoms with van der Waals surface area (Å²) in [6, 6.07) is 0. The molecule has 1 saturated carbocycles. The number of carbonyl (C=O) groups excluding carboxylic acids is 1. The molecule has 2 rings (SSSR count). The van der Waals surface area contributed by atoms with Gasteiger partial charge in [0.2, 0.25) is 5.91 Å². The summed E-state index contributed by atoms with van der Waals surface area (Å²) in [7, 11) is 0. The Labute approximate surface area is 128 Å². The van der Waals surface area contributed by atoms with Gasteiger partial charge in [-0.2, -0.15) is 23.5 Å². The van der Waals surface area contributed by atoms with Crippen LogP contribution < -0.4 is 11.1 Å². The largest absolute Gasteiger partial charge is 0.409 e. The molecule has 1 aliphatic heterocycles. The molecule has 20 heavy (non-hydrogen) atoms. The molecule has 2 aliphatic rings. The molecule has 0 spiro atoms. The van der Waals surface area contributed by atoms with Crippen LogP contribution in [0.25, 0.3) is 0 Å². The second-order valence-electron chi connectivity index (χ2n) is 5.41. The van der Waals surface area contributed by atoms with Gasteiger partial charge in [-0.15, -0.1) is 0 Å². The average molecular weight is 317 g/mol. The molecule has 1 heterocycles. The Morgan fingerprint density at radius 2 is 2.10 bits per heavy atom. The van der Waals surface area contributed by atoms with Crippen molar-refractivity contribution in [3.8, 4) is 0 Å². The Balaban J connectivity index is 1.96. The lowest BCUT2D eigenvalue weighted by Gasteiger charge is -2.35. The minimum Gasteiger partial charge on any atom is -0.409 e. The lowest BCUT2D eigenvalue weighted by Crippen LogP contribution is -2.52. The number of nitrogens with one attached hydrogen (secondary N) is 1. The molecule has 1 saturated heterocycles. The zero-order valence-corrected chi connectivity index (χ0v) is 13.3. The van der Waals surface area contributed by atoms with E-state index in [9.17, 15) is 4.79 Å². The van der Waals surface area contributed by atoms with Crippen LogP contribution in [0.15, 0.2) is 5.16 Å². The third kappa shape index (κ3) is 3.55. The molecule has 0 bridgehead atoms. The fourth-order valence-electron chi connectivity index (χ4n) is 2.88. The minimum absolute atomic E-state index is 0.0660. The minimum atomic E-state index is -0.792. The van der Waals surface area contributed by atoms with Crippen LogP contribution in [0.3, 0.4) is 0 Å². The van der Waals surface area contributed by atoms with Gasteiger partial charge in [0, 0.05) is 29.1 Å². The summed E-state index contributed by atoms with van der Waals surface area (Å²) in [5.74, 6) is 3.44. The molecular formula is C13H23N3O2S2. The Kier molecular flexibility index (Phi) is 5.89. The number of amides is 1. The average Bonchev–Trinajstić information content (AvgIpc) is 2.53. The predicted molar refractivity (Wildman–Crippen MR) is 85.5 cm³/mol. The van der Waals surface area contributed by atoms with Crippen molar-refractivity contribution in [2.45, 2.75) is 37.4 Å². The molecule has 0 radical (unpaired) electrons. The van der Waals surface area contributed by atoms with Crippen LogP contribution in [0.5, 0.6) is 0 Å². The van der Waals surface area contributed by atoms with Gasteiger partial charge in [-0.25, -0.2) is 0 Å². The van der Waals surface area contributed by atoms with E-state index in [4.69, 9.17) is 10.9 Å². The normalized spacial score (nSPS) is 27.0. The molecule has 114 valence electrons. The highest BCUT2D eigenvalue weighted by Crippen LogP contribution is 2.37. The van der Waals surface area contributed by atoms with Crippen molar-refractivity contribution in [3.05, 3.63) is 0 Å². The van der Waals surface area contributed by atoms with E-state index in [1.807, 2.05) is 23.5 Å². The third-order valence-corrected chi connectivity index (χ3v) is 6.96. The molecule has 2 fully saturated rings. The quantitative estimate of drug-likeness (QED) is 0.318. The first-order valence-electron chi connectivity index (χ1n) is 7.15. The number of oxime groups is 1. The zero-order chi connectivity index (χ0) is 14.4. The molecule has 1 atom stereocenters. The first kappa shape index (κ1) is 15.8. The van der Waals surface area contributed by atoms with Crippen LogP contribution in [-0.4, -0.2) is 46.0 Å². The third-order valence-electron chi connectivity index (χ3n) is 4.12. The second-order valence-corrected chi connectivity index (χ2v) is 7.96. The molecule has 0 aromatic carbocycles. The maximum Gasteiger partial charge on any atom is 0.233 e. The molecule has 5 nitrogen and oxygen atoms in total. The van der Waals surface area contributed by atoms with E-state index in [0.717, 1.165) is 30.8 Å². The summed E-state index contributed by atoms with van der Waals surface area (Å²) >= 11 is 3.86. The van der Waals surface area contributed by atoms with Gasteiger partial charge >= 0.3 is 0 Å². The maximum atomic E-state index is 12.6. The van der Waals surface area contributed by atoms with Crippen molar-refractivity contribution in [2.75, 3.05) is 23.8 Å². The fourth-order valence-corrected chi connectivity index (χ4v) is 5.49. The van der Waals surface area contributed by atoms with Crippen molar-refractivity contribution in [3.63, 3.8) is 0 Å². The molecule has 0 aromatic heterocycles. The van der Waals surface area contributed by atoms with Gasteiger partial charge in [0.25, 0.3) is 0 Å². The number of nitrogens with zero attached hydrogens (tertiary/aromatic N) is 1. The van der Waals surface area contributed by atoms with E-state index < -0.39 is 5.41 Å². The maximum absolute atomic E-state index is 12.6. The van der Waals surface area contributed by atoms with Crippen molar-refractivity contribution < 1.29 is 10.0 Å². The van der Waals surface area contributed by atoms with Crippen LogP contribution in [-0.2, 0) is 4.79 Å². The van der Waals surface area contributed by atoms with Crippen LogP contribution in [0.4, 0.5) is 0 Å². The molecule has 1 amide bonds. The van der Waals surface area contributed by atoms with E-state index in [-0.39, 0.29) is 11.7 Å². The molecule has 4 N–H and O–H groups in total. The summed E-state index contributed by atoms with van der Waals surface area (Å²) in [5.41, 5.74) is 5.03. The van der Waals surface area contributed by atoms with Crippen molar-refractivity contribution in [2.24, 2.45) is 16.3 Å². The van der Waals surface area contributed by atoms with Gasteiger partial charge in [0.1, 0.15) is 5.41 Å². The van der Waals surface area contributed by atoms with Crippen molar-refractivity contribution in [1.29, 1.82) is 0 Å². The van der Waals surface area contributed by atoms with E-state index in [1.54, 1.807) is 0 Å². The summed E-state index contributed by atoms with van der Waals surface area (Å²) in [6.07, 6.45) is 4.39. The number of carbonyl (C=O) groups is 1. The topological polar surface area (TPSA) is 87.7 Å². The lowest BCUT2D eigenvalue weighted by atomic mass is 9.72. The Morgan fingerprint density at radius 1 is 1.35 bits per heavy atom. The van der Waals surface area contributed by atoms with E-state index in [2.05, 4.69) is 10.5 Å². The van der Waals surface area contributed by atoms with Gasteiger partial charge in [-0.3, -0.25) is 4.79 Å². The van der Waals surface area contributed by atoms with Crippen molar-refractivity contribution >= 4 is 35.3 Å². The molecule has 7 heteroatoms. The highest BCUT2D eigenvalue weighted by molar-refractivity contribution is 8.06. The molecular weight excluding hydrogens is 294 g/mol. The number of amidine groups is 1. The summed E-state index contributed by atoms with van der Waals surface area (Å²) in [4.78, 5) is 12.6. The first-order chi connectivity index (χ1) is 9.69. The Morgan fingerprint density at radius 3 is 2.70 bits per heavy atom. The van der Waals surface area contributed by atoms with E-state index in [0.29, 0.717) is 24.6 Å². The summed E-state index contributed by atoms with van der Waals surface area (Å²) < 4.78 is 0. The number of hydrogen-bond donors (Lipinski definition) is 3. The van der Waals surface area contributed by atoms with Gasteiger partial charge in [0.15, 0.2) is 5.84 Å². The fraction of sp³-hybridized carbons (Fsp3) is 0.846. The smallest absolute Gasteiger partial charge is 0.233 e. The highest BCUT2D eigenvalue weighted by atomic mass is 32.2. The van der Waals surface area contributed by atoms with Gasteiger partial charge in [0.05, 0.1) is 0 Å². The monoisotopic (exact) mass is 317 g/mol. The first-order valence-corrected chi connectivity index (χ1v) is 9.35. The SMILES string of the molecule is NC(=NO)C1(C(=O)NCC2CSCCS2)CCCCC1. The Bertz CT molecular complexity index is 365. The van der Waals surface area contributed by atoms with Gasteiger partial charge in [-0.05, 0) is 12.8 Å². The van der Waals surface area contributed by atoms with Gasteiger partial charge in [-0.1, -0.05) is 24.4 Å².